The Bertz CT molecular complexity index is 5100. The van der Waals surface area contributed by atoms with Crippen molar-refractivity contribution in [3.8, 4) is 47.3 Å². The zero-order valence-electron chi connectivity index (χ0n) is 72.7. The molecule has 12 rings (SSSR count). The van der Waals surface area contributed by atoms with Gasteiger partial charge in [0.2, 0.25) is 0 Å². The quantitative estimate of drug-likeness (QED) is 0.0283. The molecule has 0 saturated heterocycles. The number of carbonyl (C=O) groups excluding carboxylic acids is 2. The molecule has 125 heavy (non-hydrogen) atoms. The summed E-state index contributed by atoms with van der Waals surface area (Å²) in [5, 5.41) is 47.5. The maximum absolute atomic E-state index is 14.2. The maximum Gasteiger partial charge on any atom is 0.262 e. The predicted octanol–water partition coefficient (Wildman–Crippen LogP) is 22.8. The molecule has 1 aliphatic carbocycles. The number of nitrogens with one attached hydrogen (secondary N) is 2. The van der Waals surface area contributed by atoms with E-state index in [-0.39, 0.29) is 51.5 Å². The molecule has 0 spiro atoms. The number of hydrogen-bond acceptors (Lipinski definition) is 15. The van der Waals surface area contributed by atoms with E-state index in [1.165, 1.54) is 88.4 Å². The van der Waals surface area contributed by atoms with Crippen molar-refractivity contribution in [2.75, 3.05) is 113 Å². The molecule has 0 atom stereocenters. The van der Waals surface area contributed by atoms with Gasteiger partial charge in [0.1, 0.15) is 36.2 Å². The molecule has 2 aliphatic rings. The molecular formula is C108H114N8O9. The second-order valence-electron chi connectivity index (χ2n) is 31.6. The Hall–Kier alpha value is -13.3. The lowest BCUT2D eigenvalue weighted by atomic mass is 9.91. The van der Waals surface area contributed by atoms with Gasteiger partial charge in [-0.3, -0.25) is 9.59 Å². The summed E-state index contributed by atoms with van der Waals surface area (Å²) in [5.74, 6) is 1.67. The Morgan fingerprint density at radius 2 is 0.592 bits per heavy atom. The van der Waals surface area contributed by atoms with E-state index in [4.69, 9.17) is 33.2 Å². The average Bonchev–Trinajstić information content (AvgIpc) is 0.780. The van der Waals surface area contributed by atoms with Crippen LogP contribution < -0.4 is 39.4 Å². The smallest absolute Gasteiger partial charge is 0.262 e. The highest BCUT2D eigenvalue weighted by molar-refractivity contribution is 5.93. The number of amides is 2. The van der Waals surface area contributed by atoms with Gasteiger partial charge in [-0.15, -0.1) is 0 Å². The van der Waals surface area contributed by atoms with Crippen LogP contribution in [0.2, 0.25) is 0 Å². The van der Waals surface area contributed by atoms with Gasteiger partial charge in [0.15, 0.2) is 13.2 Å². The first-order valence-corrected chi connectivity index (χ1v) is 44.3. The Morgan fingerprint density at radius 3 is 0.856 bits per heavy atom. The van der Waals surface area contributed by atoms with Crippen LogP contribution in [0.15, 0.2) is 194 Å². The third-order valence-electron chi connectivity index (χ3n) is 22.4. The van der Waals surface area contributed by atoms with Gasteiger partial charge in [-0.25, -0.2) is 0 Å². The highest BCUT2D eigenvalue weighted by atomic mass is 16.6. The standard InChI is InChI=1S/C108H114N8O9/c1-5-9-13-53-115(54-14-10-6-2)101-49-37-81(38-50-101)31-43-85-67-95(73-109)83(65-97(85)75-111)41-29-79-33-45-99(46-34-79)113-103(117)77-124-107-91-25-19-26-92(107)70-88-22-18-24-90-72-94-28-20-27-93(71-89-23-17-21-87(69-91)105(89)122-63-61-120-59-57-119-58-60-121-62-64-123-106(88)90)108(94)125-78-104(118)114-100-47-35-80(36-48-100)30-42-84-66-98(76-112)86(68-96(84)74-110)44-32-82-39-51-102(52-40-82)116(55-15-11-7-3)56-16-12-8-4/h17-52,65-68H,5-16,53-64,69-72,77-78H2,1-4H3,(H,113,117)(H,114,118)/b41-29+,42-30?,43-31+,44-32?. The van der Waals surface area contributed by atoms with Crippen LogP contribution in [0.1, 0.15) is 216 Å². The van der Waals surface area contributed by atoms with Crippen LogP contribution in [0.3, 0.4) is 0 Å². The molecule has 17 nitrogen and oxygen atoms in total. The SMILES string of the molecule is CCCCCN(CCCCC)c1ccc(C=Cc2cc(C#N)c(C=Cc3ccc(NC(=O)COc4c5cccc4Cc4cccc6c4OCCOCCOCCOCCOc4c(cccc4Cc4cccc(c4OCC(=O)Nc4ccc(/C=C/c7cc(C#N)c(/C=C/c8ccc(N(CCCCC)CCCCC)cc8)cc7C#N)cc4)C6)C5)cc3)cc2C#N)cc1. The van der Waals surface area contributed by atoms with Crippen LogP contribution in [0.4, 0.5) is 22.7 Å². The van der Waals surface area contributed by atoms with Gasteiger partial charge >= 0.3 is 0 Å². The van der Waals surface area contributed by atoms with E-state index >= 15 is 0 Å². The molecule has 0 radical (unpaired) electrons. The molecule has 640 valence electrons. The summed E-state index contributed by atoms with van der Waals surface area (Å²) in [6.45, 7) is 15.0. The van der Waals surface area contributed by atoms with Crippen molar-refractivity contribution >= 4 is 83.2 Å². The van der Waals surface area contributed by atoms with Crippen LogP contribution in [0.25, 0.3) is 48.6 Å². The summed E-state index contributed by atoms with van der Waals surface area (Å²) in [4.78, 5) is 33.5. The average molecular weight is 1670 g/mol. The molecule has 17 heteroatoms. The number of benzene rings is 10. The van der Waals surface area contributed by atoms with E-state index in [2.05, 4.69) is 121 Å². The summed E-state index contributed by atoms with van der Waals surface area (Å²) < 4.78 is 45.2. The monoisotopic (exact) mass is 1670 g/mol. The maximum atomic E-state index is 14.2. The molecule has 10 bridgehead atoms. The van der Waals surface area contributed by atoms with Gasteiger partial charge in [0.05, 0.1) is 86.2 Å². The second-order valence-corrected chi connectivity index (χ2v) is 31.6. The lowest BCUT2D eigenvalue weighted by molar-refractivity contribution is -0.118. The van der Waals surface area contributed by atoms with Crippen LogP contribution in [0.5, 0.6) is 23.0 Å². The normalized spacial score (nSPS) is 13.1. The van der Waals surface area contributed by atoms with E-state index in [1.54, 1.807) is 24.3 Å². The minimum Gasteiger partial charge on any atom is -0.491 e. The zero-order valence-corrected chi connectivity index (χ0v) is 72.7. The van der Waals surface area contributed by atoms with Crippen molar-refractivity contribution in [2.45, 2.75) is 130 Å². The number of nitrogens with zero attached hydrogens (tertiary/aromatic N) is 6. The van der Waals surface area contributed by atoms with Crippen LogP contribution in [0, 0.1) is 45.3 Å². The van der Waals surface area contributed by atoms with Crippen molar-refractivity contribution in [1.82, 2.24) is 0 Å². The number of unbranched alkanes of at least 4 members (excludes halogenated alkanes) is 8. The zero-order chi connectivity index (χ0) is 87.2. The van der Waals surface area contributed by atoms with Gasteiger partial charge in [-0.05, 0) is 187 Å². The molecule has 0 fully saturated rings. The van der Waals surface area contributed by atoms with Crippen molar-refractivity contribution in [3.63, 3.8) is 0 Å². The number of rotatable bonds is 34. The van der Waals surface area contributed by atoms with E-state index < -0.39 is 0 Å². The Balaban J connectivity index is 0.739. The third kappa shape index (κ3) is 26.9. The first-order chi connectivity index (χ1) is 61.4. The summed E-state index contributed by atoms with van der Waals surface area (Å²) in [6, 6.07) is 72.6. The molecule has 10 aromatic rings. The van der Waals surface area contributed by atoms with E-state index in [0.29, 0.717) is 131 Å². The largest absolute Gasteiger partial charge is 0.491 e. The molecule has 2 amide bonds. The van der Waals surface area contributed by atoms with Crippen LogP contribution >= 0.6 is 0 Å². The van der Waals surface area contributed by atoms with Crippen molar-refractivity contribution in [2.24, 2.45) is 0 Å². The van der Waals surface area contributed by atoms with E-state index in [9.17, 15) is 30.6 Å². The fraction of sp³-hybridized carbons (Fsp3) is 0.315. The lowest BCUT2D eigenvalue weighted by Crippen LogP contribution is -2.25. The van der Waals surface area contributed by atoms with E-state index in [1.807, 2.05) is 170 Å². The van der Waals surface area contributed by atoms with Crippen LogP contribution in [-0.2, 0) is 49.5 Å². The van der Waals surface area contributed by atoms with Gasteiger partial charge in [0, 0.05) is 74.6 Å². The highest BCUT2D eigenvalue weighted by Crippen LogP contribution is 2.40. The Labute approximate surface area is 738 Å². The molecule has 1 aliphatic heterocycles. The Morgan fingerprint density at radius 1 is 0.336 bits per heavy atom. The number of anilines is 4. The molecule has 0 unspecified atom stereocenters. The minimum absolute atomic E-state index is 0.226. The summed E-state index contributed by atoms with van der Waals surface area (Å²) in [5.41, 5.74) is 18.3. The third-order valence-corrected chi connectivity index (χ3v) is 22.4. The van der Waals surface area contributed by atoms with E-state index in [0.717, 1.165) is 92.9 Å². The minimum atomic E-state index is -0.371. The fourth-order valence-corrected chi connectivity index (χ4v) is 15.7. The Kier molecular flexibility index (Phi) is 35.3. The summed E-state index contributed by atoms with van der Waals surface area (Å²) >= 11 is 0. The van der Waals surface area contributed by atoms with Crippen molar-refractivity contribution < 1.29 is 42.7 Å². The first-order valence-electron chi connectivity index (χ1n) is 44.3. The molecule has 0 aromatic heterocycles. The van der Waals surface area contributed by atoms with Gasteiger partial charge in [-0.1, -0.05) is 249 Å². The predicted molar refractivity (Wildman–Crippen MR) is 504 cm³/mol. The first kappa shape index (κ1) is 91.0. The molecule has 1 heterocycles. The fourth-order valence-electron chi connectivity index (χ4n) is 15.7. The van der Waals surface area contributed by atoms with Crippen molar-refractivity contribution in [3.05, 3.63) is 305 Å². The number of carbonyl (C=O) groups is 2. The molecule has 0 saturated carbocycles. The highest BCUT2D eigenvalue weighted by Gasteiger charge is 2.25. The van der Waals surface area contributed by atoms with Gasteiger partial charge < -0.3 is 53.6 Å². The van der Waals surface area contributed by atoms with Crippen molar-refractivity contribution in [1.29, 1.82) is 21.0 Å². The number of nitriles is 4. The molecule has 2 N–H and O–H groups in total. The number of para-hydroxylation sites is 4. The molecular weight excluding hydrogens is 1550 g/mol. The number of hydrogen-bond donors (Lipinski definition) is 2. The topological polar surface area (TPSA) is 224 Å². The van der Waals surface area contributed by atoms with Gasteiger partial charge in [-0.2, -0.15) is 21.0 Å². The second kappa shape index (κ2) is 48.5. The summed E-state index contributed by atoms with van der Waals surface area (Å²) in [7, 11) is 0. The van der Waals surface area contributed by atoms with Gasteiger partial charge in [0.25, 0.3) is 11.8 Å². The lowest BCUT2D eigenvalue weighted by Gasteiger charge is -2.25. The molecule has 10 aromatic carbocycles. The number of fused-ring (bicyclic) bond motifs is 2. The van der Waals surface area contributed by atoms with Crippen LogP contribution in [-0.4, -0.2) is 104 Å². The summed E-state index contributed by atoms with van der Waals surface area (Å²) in [6.07, 6.45) is 30.9. The number of ether oxygens (including phenoxy) is 7.